The van der Waals surface area contributed by atoms with E-state index in [1.807, 2.05) is 38.1 Å². The normalized spacial score (nSPS) is 35.1. The quantitative estimate of drug-likeness (QED) is 0.645. The van der Waals surface area contributed by atoms with Crippen LogP contribution in [0.3, 0.4) is 0 Å². The average Bonchev–Trinajstić information content (AvgIpc) is 3.53. The van der Waals surface area contributed by atoms with E-state index in [0.717, 1.165) is 53.3 Å². The lowest BCUT2D eigenvalue weighted by Gasteiger charge is -2.41. The van der Waals surface area contributed by atoms with Gasteiger partial charge >= 0.3 is 0 Å². The molecule has 2 aromatic rings. The molecule has 2 aromatic carbocycles. The lowest BCUT2D eigenvalue weighted by molar-refractivity contribution is -0.164. The van der Waals surface area contributed by atoms with Gasteiger partial charge in [0.25, 0.3) is 0 Å². The van der Waals surface area contributed by atoms with E-state index in [9.17, 15) is 4.79 Å². The van der Waals surface area contributed by atoms with Gasteiger partial charge in [-0.05, 0) is 62.1 Å². The number of rotatable bonds is 2. The zero-order valence-corrected chi connectivity index (χ0v) is 19.6. The Hall–Kier alpha value is -2.22. The van der Waals surface area contributed by atoms with Crippen LogP contribution in [-0.4, -0.2) is 47.7 Å². The van der Waals surface area contributed by atoms with Gasteiger partial charge in [-0.15, -0.1) is 11.8 Å². The molecule has 2 saturated heterocycles. The summed E-state index contributed by atoms with van der Waals surface area (Å²) in [7, 11) is 0. The molecule has 3 fully saturated rings. The molecule has 0 N–H and O–H groups in total. The van der Waals surface area contributed by atoms with Crippen LogP contribution in [0.1, 0.15) is 55.4 Å². The predicted octanol–water partition coefficient (Wildman–Crippen LogP) is 4.63. The Balaban J connectivity index is 1.43. The molecule has 7 heteroatoms. The fourth-order valence-electron chi connectivity index (χ4n) is 6.81. The SMILES string of the molecule is CC1(C)O[C@H]2[C@H](C[C@]34CCCN3C(=O)[C@H](Sc3ccccc3)c3cc5c(cc3[C@H]24)OCO5)O1. The first kappa shape index (κ1) is 20.2. The second-order valence-corrected chi connectivity index (χ2v) is 11.3. The van der Waals surface area contributed by atoms with Gasteiger partial charge in [-0.25, -0.2) is 0 Å². The van der Waals surface area contributed by atoms with Crippen LogP contribution in [0.25, 0.3) is 0 Å². The lowest BCUT2D eigenvalue weighted by Crippen LogP contribution is -2.50. The van der Waals surface area contributed by atoms with Crippen molar-refractivity contribution in [1.82, 2.24) is 4.90 Å². The molecule has 4 aliphatic heterocycles. The van der Waals surface area contributed by atoms with E-state index in [4.69, 9.17) is 18.9 Å². The number of hydrogen-bond donors (Lipinski definition) is 0. The first-order valence-corrected chi connectivity index (χ1v) is 12.7. The number of amides is 1. The van der Waals surface area contributed by atoms with Crippen molar-refractivity contribution < 1.29 is 23.7 Å². The minimum absolute atomic E-state index is 0.0185. The summed E-state index contributed by atoms with van der Waals surface area (Å²) in [6, 6.07) is 14.4. The molecule has 172 valence electrons. The van der Waals surface area contributed by atoms with E-state index in [2.05, 4.69) is 23.1 Å². The van der Waals surface area contributed by atoms with Crippen LogP contribution in [0, 0.1) is 0 Å². The number of hydrogen-bond acceptors (Lipinski definition) is 6. The highest BCUT2D eigenvalue weighted by Crippen LogP contribution is 2.62. The number of ether oxygens (including phenoxy) is 4. The maximum absolute atomic E-state index is 14.2. The zero-order chi connectivity index (χ0) is 22.4. The number of nitrogens with zero attached hydrogens (tertiary/aromatic N) is 1. The van der Waals surface area contributed by atoms with Gasteiger partial charge in [0.15, 0.2) is 17.3 Å². The van der Waals surface area contributed by atoms with Crippen molar-refractivity contribution in [3.05, 3.63) is 53.6 Å². The molecule has 0 radical (unpaired) electrons. The summed E-state index contributed by atoms with van der Waals surface area (Å²) in [5.41, 5.74) is 1.89. The van der Waals surface area contributed by atoms with Crippen LogP contribution in [-0.2, 0) is 14.3 Å². The van der Waals surface area contributed by atoms with E-state index in [0.29, 0.717) is 0 Å². The van der Waals surface area contributed by atoms with Gasteiger partial charge in [-0.3, -0.25) is 4.79 Å². The molecule has 5 aliphatic rings. The summed E-state index contributed by atoms with van der Waals surface area (Å²) in [6.45, 7) is 4.97. The maximum atomic E-state index is 14.2. The van der Waals surface area contributed by atoms with Crippen molar-refractivity contribution in [2.75, 3.05) is 13.3 Å². The van der Waals surface area contributed by atoms with Crippen LogP contribution in [0.2, 0.25) is 0 Å². The molecule has 5 atom stereocenters. The highest BCUT2D eigenvalue weighted by molar-refractivity contribution is 8.00. The van der Waals surface area contributed by atoms with Crippen molar-refractivity contribution in [3.63, 3.8) is 0 Å². The third kappa shape index (κ3) is 2.85. The first-order chi connectivity index (χ1) is 16.0. The lowest BCUT2D eigenvalue weighted by atomic mass is 9.78. The van der Waals surface area contributed by atoms with Crippen molar-refractivity contribution >= 4 is 17.7 Å². The third-order valence-electron chi connectivity index (χ3n) is 7.90. The van der Waals surface area contributed by atoms with E-state index in [-0.39, 0.29) is 41.6 Å². The average molecular weight is 466 g/mol. The van der Waals surface area contributed by atoms with Crippen LogP contribution in [0.15, 0.2) is 47.4 Å². The molecule has 0 bridgehead atoms. The molecular formula is C26H27NO5S. The minimum atomic E-state index is -0.620. The van der Waals surface area contributed by atoms with Crippen LogP contribution < -0.4 is 9.47 Å². The Morgan fingerprint density at radius 2 is 1.79 bits per heavy atom. The molecule has 0 unspecified atom stereocenters. The molecular weight excluding hydrogens is 438 g/mol. The van der Waals surface area contributed by atoms with E-state index in [1.54, 1.807) is 11.8 Å². The second kappa shape index (κ2) is 6.90. The summed E-state index contributed by atoms with van der Waals surface area (Å²) >= 11 is 1.62. The van der Waals surface area contributed by atoms with Gasteiger partial charge in [0, 0.05) is 23.8 Å². The monoisotopic (exact) mass is 465 g/mol. The van der Waals surface area contributed by atoms with Gasteiger partial charge in [0.1, 0.15) is 5.25 Å². The van der Waals surface area contributed by atoms with E-state index >= 15 is 0 Å². The van der Waals surface area contributed by atoms with Gasteiger partial charge in [0.05, 0.1) is 17.7 Å². The topological polar surface area (TPSA) is 57.2 Å². The Kier molecular flexibility index (Phi) is 4.22. The Labute approximate surface area is 197 Å². The van der Waals surface area contributed by atoms with Crippen molar-refractivity contribution in [2.45, 2.75) is 72.7 Å². The van der Waals surface area contributed by atoms with Crippen LogP contribution in [0.5, 0.6) is 11.5 Å². The maximum Gasteiger partial charge on any atom is 0.241 e. The first-order valence-electron chi connectivity index (χ1n) is 11.8. The minimum Gasteiger partial charge on any atom is -0.454 e. The number of carbonyl (C=O) groups is 1. The molecule has 6 nitrogen and oxygen atoms in total. The smallest absolute Gasteiger partial charge is 0.241 e. The standard InChI is InChI=1S/C26H27NO5S/c1-25(2)31-20-13-26-9-6-10-27(26)24(28)23(33-15-7-4-3-5-8-15)17-12-19-18(29-14-30-19)11-16(17)21(26)22(20)32-25/h3-5,7-8,11-12,20-23H,6,9-10,13-14H2,1-2H3/t20-,21+,22-,23+,26-/m0/s1. The van der Waals surface area contributed by atoms with Crippen molar-refractivity contribution in [3.8, 4) is 11.5 Å². The molecule has 4 heterocycles. The van der Waals surface area contributed by atoms with E-state index < -0.39 is 5.79 Å². The summed E-state index contributed by atoms with van der Waals surface area (Å²) < 4.78 is 24.4. The molecule has 1 amide bonds. The van der Waals surface area contributed by atoms with E-state index in [1.165, 1.54) is 0 Å². The Morgan fingerprint density at radius 3 is 2.58 bits per heavy atom. The molecule has 33 heavy (non-hydrogen) atoms. The highest BCUT2D eigenvalue weighted by Gasteiger charge is 2.66. The number of thioether (sulfide) groups is 1. The van der Waals surface area contributed by atoms with Gasteiger partial charge in [0.2, 0.25) is 12.7 Å². The molecule has 1 spiro atoms. The fourth-order valence-corrected chi connectivity index (χ4v) is 7.96. The molecule has 0 aromatic heterocycles. The van der Waals surface area contributed by atoms with Crippen molar-refractivity contribution in [1.29, 1.82) is 0 Å². The number of benzene rings is 2. The van der Waals surface area contributed by atoms with Crippen LogP contribution in [0.4, 0.5) is 0 Å². The number of fused-ring (bicyclic) bond motifs is 5. The Bertz CT molecular complexity index is 1140. The predicted molar refractivity (Wildman–Crippen MR) is 122 cm³/mol. The molecule has 7 rings (SSSR count). The van der Waals surface area contributed by atoms with Gasteiger partial charge < -0.3 is 23.8 Å². The third-order valence-corrected chi connectivity index (χ3v) is 9.13. The van der Waals surface area contributed by atoms with Crippen molar-refractivity contribution in [2.24, 2.45) is 0 Å². The second-order valence-electron chi connectivity index (χ2n) is 10.2. The largest absolute Gasteiger partial charge is 0.454 e. The zero-order valence-electron chi connectivity index (χ0n) is 18.8. The summed E-state index contributed by atoms with van der Waals surface area (Å²) in [4.78, 5) is 17.5. The fraction of sp³-hybridized carbons (Fsp3) is 0.500. The molecule has 1 aliphatic carbocycles. The number of carbonyl (C=O) groups excluding carboxylic acids is 1. The Morgan fingerprint density at radius 1 is 1.03 bits per heavy atom. The van der Waals surface area contributed by atoms with Gasteiger partial charge in [-0.2, -0.15) is 0 Å². The molecule has 1 saturated carbocycles. The highest BCUT2D eigenvalue weighted by atomic mass is 32.2. The van der Waals surface area contributed by atoms with Crippen LogP contribution >= 0.6 is 11.8 Å². The summed E-state index contributed by atoms with van der Waals surface area (Å²) in [5, 5.41) is -0.341. The van der Waals surface area contributed by atoms with Gasteiger partial charge in [-0.1, -0.05) is 18.2 Å². The summed E-state index contributed by atoms with van der Waals surface area (Å²) in [6.07, 6.45) is 2.69. The summed E-state index contributed by atoms with van der Waals surface area (Å²) in [5.74, 6) is 1.08.